The van der Waals surface area contributed by atoms with Gasteiger partial charge in [0.25, 0.3) is 0 Å². The average Bonchev–Trinajstić information content (AvgIpc) is 2.28. The summed E-state index contributed by atoms with van der Waals surface area (Å²) in [5.41, 5.74) is 2.16. The van der Waals surface area contributed by atoms with E-state index in [-0.39, 0.29) is 5.92 Å². The van der Waals surface area contributed by atoms with Crippen LogP contribution < -0.4 is 5.32 Å². The van der Waals surface area contributed by atoms with Crippen molar-refractivity contribution in [3.8, 4) is 6.07 Å². The second-order valence-electron chi connectivity index (χ2n) is 3.50. The molecule has 80 valence electrons. The Hall–Kier alpha value is -1.53. The van der Waals surface area contributed by atoms with E-state index in [0.29, 0.717) is 13.2 Å². The third-order valence-electron chi connectivity index (χ3n) is 2.14. The standard InChI is InChI=1S/C12H16N2O/c1-10(7-13)8-14-12-6-4-3-5-11(12)9-15-2/h3-6,10,14H,8-9H2,1-2H3. The molecular weight excluding hydrogens is 188 g/mol. The Balaban J connectivity index is 2.63. The molecule has 0 saturated carbocycles. The normalized spacial score (nSPS) is 11.8. The third-order valence-corrected chi connectivity index (χ3v) is 2.14. The van der Waals surface area contributed by atoms with E-state index in [0.717, 1.165) is 11.3 Å². The van der Waals surface area contributed by atoms with Crippen molar-refractivity contribution >= 4 is 5.69 Å². The number of nitrogens with zero attached hydrogens (tertiary/aromatic N) is 1. The Morgan fingerprint density at radius 3 is 2.87 bits per heavy atom. The van der Waals surface area contributed by atoms with Crippen molar-refractivity contribution in [3.63, 3.8) is 0 Å². The Kier molecular flexibility index (Phi) is 4.65. The van der Waals surface area contributed by atoms with Crippen LogP contribution in [0.25, 0.3) is 0 Å². The van der Waals surface area contributed by atoms with Gasteiger partial charge in [-0.15, -0.1) is 0 Å². The van der Waals surface area contributed by atoms with Gasteiger partial charge in [0.15, 0.2) is 0 Å². The second-order valence-corrected chi connectivity index (χ2v) is 3.50. The molecule has 1 aromatic rings. The molecule has 1 aromatic carbocycles. The summed E-state index contributed by atoms with van der Waals surface area (Å²) < 4.78 is 5.10. The summed E-state index contributed by atoms with van der Waals surface area (Å²) >= 11 is 0. The van der Waals surface area contributed by atoms with E-state index in [1.807, 2.05) is 31.2 Å². The van der Waals surface area contributed by atoms with E-state index in [1.165, 1.54) is 0 Å². The van der Waals surface area contributed by atoms with Crippen LogP contribution in [0.1, 0.15) is 12.5 Å². The lowest BCUT2D eigenvalue weighted by Gasteiger charge is -2.11. The molecule has 0 spiro atoms. The molecule has 0 bridgehead atoms. The fourth-order valence-corrected chi connectivity index (χ4v) is 1.28. The molecule has 1 atom stereocenters. The van der Waals surface area contributed by atoms with E-state index in [9.17, 15) is 0 Å². The summed E-state index contributed by atoms with van der Waals surface area (Å²) in [7, 11) is 1.68. The maximum Gasteiger partial charge on any atom is 0.0733 e. The topological polar surface area (TPSA) is 45.0 Å². The lowest BCUT2D eigenvalue weighted by atomic mass is 10.1. The van der Waals surface area contributed by atoms with E-state index in [4.69, 9.17) is 10.00 Å². The van der Waals surface area contributed by atoms with Gasteiger partial charge in [0.2, 0.25) is 0 Å². The zero-order chi connectivity index (χ0) is 11.1. The fourth-order valence-electron chi connectivity index (χ4n) is 1.28. The molecule has 0 fully saturated rings. The van der Waals surface area contributed by atoms with Gasteiger partial charge in [0, 0.05) is 24.9 Å². The van der Waals surface area contributed by atoms with Crippen molar-refractivity contribution in [2.45, 2.75) is 13.5 Å². The molecule has 3 nitrogen and oxygen atoms in total. The molecule has 0 aliphatic carbocycles. The zero-order valence-corrected chi connectivity index (χ0v) is 9.16. The van der Waals surface area contributed by atoms with Crippen LogP contribution in [-0.4, -0.2) is 13.7 Å². The number of ether oxygens (including phenoxy) is 1. The number of benzene rings is 1. The summed E-state index contributed by atoms with van der Waals surface area (Å²) in [6, 6.07) is 10.2. The number of para-hydroxylation sites is 1. The predicted octanol–water partition coefficient (Wildman–Crippen LogP) is 2.40. The summed E-state index contributed by atoms with van der Waals surface area (Å²) in [6.07, 6.45) is 0. The van der Waals surface area contributed by atoms with Crippen LogP contribution in [-0.2, 0) is 11.3 Å². The highest BCUT2D eigenvalue weighted by molar-refractivity contribution is 5.50. The van der Waals surface area contributed by atoms with Crippen LogP contribution in [0.4, 0.5) is 5.69 Å². The minimum atomic E-state index is 0.0144. The summed E-state index contributed by atoms with van der Waals surface area (Å²) in [5.74, 6) is 0.0144. The highest BCUT2D eigenvalue weighted by atomic mass is 16.5. The first-order valence-electron chi connectivity index (χ1n) is 4.98. The van der Waals surface area contributed by atoms with Gasteiger partial charge in [-0.25, -0.2) is 0 Å². The average molecular weight is 204 g/mol. The molecule has 0 aliphatic rings. The van der Waals surface area contributed by atoms with Crippen LogP contribution >= 0.6 is 0 Å². The summed E-state index contributed by atoms with van der Waals surface area (Å²) in [6.45, 7) is 3.15. The molecule has 1 unspecified atom stereocenters. The highest BCUT2D eigenvalue weighted by Gasteiger charge is 2.03. The first kappa shape index (κ1) is 11.5. The van der Waals surface area contributed by atoms with E-state index < -0.39 is 0 Å². The first-order valence-corrected chi connectivity index (χ1v) is 4.98. The molecule has 3 heteroatoms. The van der Waals surface area contributed by atoms with Crippen LogP contribution in [0, 0.1) is 17.2 Å². The fraction of sp³-hybridized carbons (Fsp3) is 0.417. The van der Waals surface area contributed by atoms with Crippen molar-refractivity contribution in [1.29, 1.82) is 5.26 Å². The Morgan fingerprint density at radius 1 is 1.47 bits per heavy atom. The molecule has 0 heterocycles. The van der Waals surface area contributed by atoms with Crippen molar-refractivity contribution in [2.24, 2.45) is 5.92 Å². The van der Waals surface area contributed by atoms with Crippen LogP contribution in [0.5, 0.6) is 0 Å². The van der Waals surface area contributed by atoms with Gasteiger partial charge in [-0.05, 0) is 13.0 Å². The van der Waals surface area contributed by atoms with Gasteiger partial charge in [-0.1, -0.05) is 18.2 Å². The Labute approximate surface area is 90.7 Å². The zero-order valence-electron chi connectivity index (χ0n) is 9.16. The van der Waals surface area contributed by atoms with E-state index >= 15 is 0 Å². The van der Waals surface area contributed by atoms with Gasteiger partial charge in [-0.3, -0.25) is 0 Å². The smallest absolute Gasteiger partial charge is 0.0733 e. The Bertz CT molecular complexity index is 344. The quantitative estimate of drug-likeness (QED) is 0.801. The Morgan fingerprint density at radius 2 is 2.20 bits per heavy atom. The SMILES string of the molecule is COCc1ccccc1NCC(C)C#N. The number of hydrogen-bond donors (Lipinski definition) is 1. The van der Waals surface area contributed by atoms with Gasteiger partial charge in [0.05, 0.1) is 18.6 Å². The maximum absolute atomic E-state index is 8.67. The van der Waals surface area contributed by atoms with E-state index in [1.54, 1.807) is 7.11 Å². The molecule has 1 rings (SSSR count). The summed E-state index contributed by atoms with van der Waals surface area (Å²) in [4.78, 5) is 0. The molecule has 0 saturated heterocycles. The van der Waals surface area contributed by atoms with Crippen molar-refractivity contribution in [2.75, 3.05) is 19.0 Å². The number of nitrogens with one attached hydrogen (secondary N) is 1. The van der Waals surface area contributed by atoms with Crippen molar-refractivity contribution in [1.82, 2.24) is 0 Å². The van der Waals surface area contributed by atoms with Crippen LogP contribution in [0.15, 0.2) is 24.3 Å². The number of nitriles is 1. The third kappa shape index (κ3) is 3.61. The number of anilines is 1. The van der Waals surface area contributed by atoms with Gasteiger partial charge in [-0.2, -0.15) is 5.26 Å². The molecule has 15 heavy (non-hydrogen) atoms. The molecule has 1 N–H and O–H groups in total. The molecule has 0 aromatic heterocycles. The van der Waals surface area contributed by atoms with Crippen molar-refractivity contribution < 1.29 is 4.74 Å². The maximum atomic E-state index is 8.67. The molecule has 0 amide bonds. The number of hydrogen-bond acceptors (Lipinski definition) is 3. The van der Waals surface area contributed by atoms with E-state index in [2.05, 4.69) is 11.4 Å². The van der Waals surface area contributed by atoms with Crippen LogP contribution in [0.2, 0.25) is 0 Å². The molecular formula is C12H16N2O. The first-order chi connectivity index (χ1) is 7.27. The van der Waals surface area contributed by atoms with Gasteiger partial charge < -0.3 is 10.1 Å². The van der Waals surface area contributed by atoms with Crippen LogP contribution in [0.3, 0.4) is 0 Å². The van der Waals surface area contributed by atoms with Crippen molar-refractivity contribution in [3.05, 3.63) is 29.8 Å². The summed E-state index contributed by atoms with van der Waals surface area (Å²) in [5, 5.41) is 11.9. The highest BCUT2D eigenvalue weighted by Crippen LogP contribution is 2.16. The minimum Gasteiger partial charge on any atom is -0.383 e. The number of methoxy groups -OCH3 is 1. The molecule has 0 radical (unpaired) electrons. The molecule has 0 aliphatic heterocycles. The van der Waals surface area contributed by atoms with Gasteiger partial charge >= 0.3 is 0 Å². The second kappa shape index (κ2) is 6.05. The lowest BCUT2D eigenvalue weighted by molar-refractivity contribution is 0.185. The minimum absolute atomic E-state index is 0.0144. The monoisotopic (exact) mass is 204 g/mol. The number of rotatable bonds is 5. The van der Waals surface area contributed by atoms with Gasteiger partial charge in [0.1, 0.15) is 0 Å². The predicted molar refractivity (Wildman–Crippen MR) is 60.4 cm³/mol. The largest absolute Gasteiger partial charge is 0.383 e. The lowest BCUT2D eigenvalue weighted by Crippen LogP contribution is -2.10.